The van der Waals surface area contributed by atoms with E-state index in [1.165, 1.54) is 12.1 Å². The summed E-state index contributed by atoms with van der Waals surface area (Å²) in [7, 11) is 0. The third kappa shape index (κ3) is 3.53. The van der Waals surface area contributed by atoms with E-state index in [1.807, 2.05) is 6.92 Å². The van der Waals surface area contributed by atoms with Crippen molar-refractivity contribution in [2.75, 3.05) is 16.8 Å². The Morgan fingerprint density at radius 3 is 2.70 bits per heavy atom. The average Bonchev–Trinajstić information content (AvgIpc) is 3.02. The number of amides is 1. The maximum atomic E-state index is 13.1. The number of benzene rings is 2. The minimum atomic E-state index is -0.646. The zero-order valence-electron chi connectivity index (χ0n) is 15.9. The van der Waals surface area contributed by atoms with Gasteiger partial charge >= 0.3 is 0 Å². The maximum absolute atomic E-state index is 13.1. The van der Waals surface area contributed by atoms with Crippen molar-refractivity contribution in [1.29, 1.82) is 0 Å². The van der Waals surface area contributed by atoms with Crippen molar-refractivity contribution >= 4 is 34.6 Å². The molecule has 0 saturated heterocycles. The van der Waals surface area contributed by atoms with Gasteiger partial charge in [0.15, 0.2) is 6.17 Å². The van der Waals surface area contributed by atoms with Gasteiger partial charge in [0.2, 0.25) is 0 Å². The van der Waals surface area contributed by atoms with Crippen molar-refractivity contribution in [3.8, 4) is 5.75 Å². The van der Waals surface area contributed by atoms with E-state index < -0.39 is 11.1 Å². The molecular formula is C21H17ClN4O4. The van der Waals surface area contributed by atoms with E-state index in [9.17, 15) is 14.9 Å². The van der Waals surface area contributed by atoms with Crippen molar-refractivity contribution in [1.82, 2.24) is 4.98 Å². The van der Waals surface area contributed by atoms with Gasteiger partial charge in [-0.3, -0.25) is 24.8 Å². The van der Waals surface area contributed by atoms with Crippen LogP contribution in [0.2, 0.25) is 5.02 Å². The Morgan fingerprint density at radius 2 is 2.00 bits per heavy atom. The van der Waals surface area contributed by atoms with Gasteiger partial charge in [-0.15, -0.1) is 0 Å². The Kier molecular flexibility index (Phi) is 5.24. The van der Waals surface area contributed by atoms with Gasteiger partial charge in [0.25, 0.3) is 11.6 Å². The van der Waals surface area contributed by atoms with Crippen LogP contribution in [0, 0.1) is 10.1 Å². The number of nitro benzene ring substituents is 1. The van der Waals surface area contributed by atoms with Crippen LogP contribution in [0.4, 0.5) is 17.1 Å². The second-order valence-corrected chi connectivity index (χ2v) is 6.92. The number of nitrogens with one attached hydrogen (secondary N) is 1. The smallest absolute Gasteiger partial charge is 0.289 e. The van der Waals surface area contributed by atoms with Crippen molar-refractivity contribution in [3.63, 3.8) is 0 Å². The Bertz CT molecular complexity index is 1120. The van der Waals surface area contributed by atoms with Gasteiger partial charge in [-0.05, 0) is 55.5 Å². The second kappa shape index (κ2) is 8.00. The molecular weight excluding hydrogens is 408 g/mol. The van der Waals surface area contributed by atoms with Crippen LogP contribution in [0.15, 0.2) is 60.8 Å². The molecule has 1 atom stereocenters. The van der Waals surface area contributed by atoms with Crippen molar-refractivity contribution in [2.24, 2.45) is 0 Å². The van der Waals surface area contributed by atoms with E-state index in [2.05, 4.69) is 10.3 Å². The molecule has 0 spiro atoms. The first-order valence-electron chi connectivity index (χ1n) is 9.21. The number of halogens is 1. The van der Waals surface area contributed by atoms with E-state index in [-0.39, 0.29) is 16.6 Å². The number of anilines is 2. The molecule has 0 fully saturated rings. The van der Waals surface area contributed by atoms with Crippen LogP contribution in [-0.2, 0) is 0 Å². The lowest BCUT2D eigenvalue weighted by molar-refractivity contribution is -0.384. The summed E-state index contributed by atoms with van der Waals surface area (Å²) in [5, 5.41) is 14.5. The Hall–Kier alpha value is -3.65. The zero-order chi connectivity index (χ0) is 21.3. The summed E-state index contributed by atoms with van der Waals surface area (Å²) in [4.78, 5) is 29.7. The average molecular weight is 425 g/mol. The standard InChI is InChI=1S/C21H17ClN4O4/c1-2-30-15-8-6-14(7-9-15)25-20(19-16(21(25)27)4-3-11-23-19)24-13-5-10-17(22)18(12-13)26(28)29/h3-12,20,24H,2H2,1H3. The van der Waals surface area contributed by atoms with Crippen LogP contribution in [0.3, 0.4) is 0 Å². The first-order chi connectivity index (χ1) is 14.5. The van der Waals surface area contributed by atoms with Gasteiger partial charge in [0.1, 0.15) is 10.8 Å². The van der Waals surface area contributed by atoms with E-state index in [0.717, 1.165) is 0 Å². The Balaban J connectivity index is 1.73. The molecule has 8 nitrogen and oxygen atoms in total. The number of ether oxygens (including phenoxy) is 1. The molecule has 4 rings (SSSR count). The number of aromatic nitrogens is 1. The molecule has 2 aromatic carbocycles. The lowest BCUT2D eigenvalue weighted by atomic mass is 10.2. The van der Waals surface area contributed by atoms with Crippen LogP contribution in [-0.4, -0.2) is 22.4 Å². The van der Waals surface area contributed by atoms with E-state index in [1.54, 1.807) is 53.6 Å². The number of nitrogens with zero attached hydrogens (tertiary/aromatic N) is 3. The molecule has 0 aliphatic carbocycles. The number of hydrogen-bond donors (Lipinski definition) is 1. The monoisotopic (exact) mass is 424 g/mol. The molecule has 1 unspecified atom stereocenters. The summed E-state index contributed by atoms with van der Waals surface area (Å²) < 4.78 is 5.47. The number of carbonyl (C=O) groups excluding carboxylic acids is 1. The van der Waals surface area contributed by atoms with Crippen LogP contribution in [0.25, 0.3) is 0 Å². The normalized spacial score (nSPS) is 15.1. The predicted molar refractivity (Wildman–Crippen MR) is 113 cm³/mol. The summed E-state index contributed by atoms with van der Waals surface area (Å²) in [5.41, 5.74) is 1.86. The van der Waals surface area contributed by atoms with E-state index in [4.69, 9.17) is 16.3 Å². The van der Waals surface area contributed by atoms with E-state index >= 15 is 0 Å². The topological polar surface area (TPSA) is 97.6 Å². The number of nitro groups is 1. The Labute approximate surface area is 177 Å². The molecule has 152 valence electrons. The van der Waals surface area contributed by atoms with Gasteiger partial charge in [-0.1, -0.05) is 11.6 Å². The van der Waals surface area contributed by atoms with E-state index in [0.29, 0.717) is 35.0 Å². The minimum Gasteiger partial charge on any atom is -0.494 e. The van der Waals surface area contributed by atoms with Gasteiger partial charge in [-0.2, -0.15) is 0 Å². The highest BCUT2D eigenvalue weighted by molar-refractivity contribution is 6.32. The van der Waals surface area contributed by atoms with Crippen LogP contribution in [0.5, 0.6) is 5.75 Å². The summed E-state index contributed by atoms with van der Waals surface area (Å²) in [6.45, 7) is 2.43. The highest BCUT2D eigenvalue weighted by Crippen LogP contribution is 2.38. The molecule has 0 radical (unpaired) electrons. The lowest BCUT2D eigenvalue weighted by Crippen LogP contribution is -2.32. The summed E-state index contributed by atoms with van der Waals surface area (Å²) in [6, 6.07) is 14.9. The third-order valence-corrected chi connectivity index (χ3v) is 5.00. The van der Waals surface area contributed by atoms with Gasteiger partial charge in [0.05, 0.1) is 22.8 Å². The van der Waals surface area contributed by atoms with Crippen molar-refractivity contribution in [3.05, 3.63) is 87.2 Å². The van der Waals surface area contributed by atoms with Crippen LogP contribution in [0.1, 0.15) is 29.1 Å². The predicted octanol–water partition coefficient (Wildman–Crippen LogP) is 4.81. The number of hydrogen-bond acceptors (Lipinski definition) is 6. The highest BCUT2D eigenvalue weighted by atomic mass is 35.5. The van der Waals surface area contributed by atoms with Crippen LogP contribution >= 0.6 is 11.6 Å². The van der Waals surface area contributed by atoms with Gasteiger partial charge in [-0.25, -0.2) is 0 Å². The van der Waals surface area contributed by atoms with Gasteiger partial charge in [0, 0.05) is 23.6 Å². The fourth-order valence-electron chi connectivity index (χ4n) is 3.35. The molecule has 1 aliphatic heterocycles. The van der Waals surface area contributed by atoms with Gasteiger partial charge < -0.3 is 10.1 Å². The minimum absolute atomic E-state index is 0.0370. The zero-order valence-corrected chi connectivity index (χ0v) is 16.7. The SMILES string of the molecule is CCOc1ccc(N2C(=O)c3cccnc3C2Nc2ccc(Cl)c([N+](=O)[O-])c2)cc1. The first-order valence-corrected chi connectivity index (χ1v) is 9.59. The number of pyridine rings is 1. The maximum Gasteiger partial charge on any atom is 0.289 e. The van der Waals surface area contributed by atoms with Crippen molar-refractivity contribution < 1.29 is 14.5 Å². The summed E-state index contributed by atoms with van der Waals surface area (Å²) >= 11 is 5.92. The molecule has 30 heavy (non-hydrogen) atoms. The summed E-state index contributed by atoms with van der Waals surface area (Å²) in [5.74, 6) is 0.476. The summed E-state index contributed by atoms with van der Waals surface area (Å²) in [6.07, 6.45) is 0.958. The lowest BCUT2D eigenvalue weighted by Gasteiger charge is -2.26. The number of rotatable bonds is 6. The number of carbonyl (C=O) groups is 1. The fraction of sp³-hybridized carbons (Fsp3) is 0.143. The molecule has 0 bridgehead atoms. The largest absolute Gasteiger partial charge is 0.494 e. The molecule has 3 aromatic rings. The number of fused-ring (bicyclic) bond motifs is 1. The van der Waals surface area contributed by atoms with Crippen molar-refractivity contribution in [2.45, 2.75) is 13.1 Å². The molecule has 0 saturated carbocycles. The molecule has 1 N–H and O–H groups in total. The fourth-order valence-corrected chi connectivity index (χ4v) is 3.54. The molecule has 9 heteroatoms. The highest BCUT2D eigenvalue weighted by Gasteiger charge is 2.39. The molecule has 2 heterocycles. The quantitative estimate of drug-likeness (QED) is 0.450. The van der Waals surface area contributed by atoms with Crippen LogP contribution < -0.4 is 15.0 Å². The first kappa shape index (κ1) is 19.7. The third-order valence-electron chi connectivity index (χ3n) is 4.68. The second-order valence-electron chi connectivity index (χ2n) is 6.51. The molecule has 1 amide bonds. The Morgan fingerprint density at radius 1 is 1.23 bits per heavy atom. The molecule has 1 aromatic heterocycles. The molecule has 1 aliphatic rings.